The number of rotatable bonds is 6. The number of piperidine rings is 1. The molecule has 174 valence electrons. The van der Waals surface area contributed by atoms with Crippen molar-refractivity contribution < 1.29 is 9.59 Å². The molecule has 1 saturated heterocycles. The van der Waals surface area contributed by atoms with Crippen LogP contribution < -0.4 is 5.32 Å². The van der Waals surface area contributed by atoms with E-state index in [4.69, 9.17) is 4.98 Å². The van der Waals surface area contributed by atoms with Crippen LogP contribution in [-0.2, 0) is 16.1 Å². The third-order valence-electron chi connectivity index (χ3n) is 6.13. The van der Waals surface area contributed by atoms with Crippen LogP contribution in [0.25, 0.3) is 11.0 Å². The van der Waals surface area contributed by atoms with E-state index in [-0.39, 0.29) is 24.1 Å². The molecule has 0 radical (unpaired) electrons. The quantitative estimate of drug-likeness (QED) is 0.528. The summed E-state index contributed by atoms with van der Waals surface area (Å²) in [7, 11) is 0. The molecule has 1 aliphatic heterocycles. The Balaban J connectivity index is 1.49. The summed E-state index contributed by atoms with van der Waals surface area (Å²) in [5.74, 6) is 1.28. The van der Waals surface area contributed by atoms with Crippen LogP contribution in [0.1, 0.15) is 31.4 Å². The van der Waals surface area contributed by atoms with Crippen LogP contribution in [0.15, 0.2) is 47.6 Å². The van der Waals surface area contributed by atoms with E-state index < -0.39 is 0 Å². The number of aromatic nitrogens is 2. The Kier molecular flexibility index (Phi) is 7.08. The summed E-state index contributed by atoms with van der Waals surface area (Å²) >= 11 is 1.37. The number of para-hydroxylation sites is 2. The molecule has 0 saturated carbocycles. The van der Waals surface area contributed by atoms with Crippen molar-refractivity contribution in [1.82, 2.24) is 14.5 Å². The van der Waals surface area contributed by atoms with E-state index in [0.717, 1.165) is 47.4 Å². The summed E-state index contributed by atoms with van der Waals surface area (Å²) in [5, 5.41) is 3.70. The molecule has 0 aliphatic carbocycles. The molecule has 6 nitrogen and oxygen atoms in total. The maximum atomic E-state index is 13.2. The summed E-state index contributed by atoms with van der Waals surface area (Å²) in [4.78, 5) is 32.6. The van der Waals surface area contributed by atoms with E-state index in [0.29, 0.717) is 17.0 Å². The van der Waals surface area contributed by atoms with Crippen molar-refractivity contribution in [1.29, 1.82) is 0 Å². The van der Waals surface area contributed by atoms with E-state index >= 15 is 0 Å². The Morgan fingerprint density at radius 2 is 1.82 bits per heavy atom. The van der Waals surface area contributed by atoms with Gasteiger partial charge in [0.05, 0.1) is 16.8 Å². The number of likely N-dealkylation sites (tertiary alicyclic amines) is 1. The van der Waals surface area contributed by atoms with E-state index in [1.54, 1.807) is 0 Å². The molecule has 2 amide bonds. The second kappa shape index (κ2) is 10.00. The number of benzene rings is 2. The van der Waals surface area contributed by atoms with Crippen LogP contribution in [0.5, 0.6) is 0 Å². The van der Waals surface area contributed by atoms with Crippen LogP contribution in [-0.4, -0.2) is 45.1 Å². The van der Waals surface area contributed by atoms with E-state index in [1.165, 1.54) is 11.8 Å². The largest absolute Gasteiger partial charge is 0.341 e. The molecule has 0 bridgehead atoms. The molecule has 1 fully saturated rings. The van der Waals surface area contributed by atoms with Crippen molar-refractivity contribution in [3.8, 4) is 0 Å². The molecule has 1 aliphatic rings. The third kappa shape index (κ3) is 5.58. The van der Waals surface area contributed by atoms with Crippen LogP contribution >= 0.6 is 11.8 Å². The number of imidazole rings is 1. The molecule has 2 aromatic carbocycles. The topological polar surface area (TPSA) is 67.2 Å². The van der Waals surface area contributed by atoms with Gasteiger partial charge < -0.3 is 14.8 Å². The van der Waals surface area contributed by atoms with Crippen LogP contribution in [0.2, 0.25) is 0 Å². The highest BCUT2D eigenvalue weighted by molar-refractivity contribution is 7.99. The fourth-order valence-corrected chi connectivity index (χ4v) is 5.42. The van der Waals surface area contributed by atoms with Gasteiger partial charge in [0.1, 0.15) is 6.54 Å². The van der Waals surface area contributed by atoms with Crippen molar-refractivity contribution >= 4 is 40.3 Å². The monoisotopic (exact) mass is 464 g/mol. The van der Waals surface area contributed by atoms with Gasteiger partial charge in [-0.15, -0.1) is 0 Å². The van der Waals surface area contributed by atoms with Crippen LogP contribution in [0.4, 0.5) is 5.69 Å². The number of fused-ring (bicyclic) bond motifs is 1. The minimum atomic E-state index is -0.0858. The van der Waals surface area contributed by atoms with Crippen molar-refractivity contribution in [2.24, 2.45) is 11.8 Å². The lowest BCUT2D eigenvalue weighted by Gasteiger charge is -2.35. The van der Waals surface area contributed by atoms with Gasteiger partial charge in [-0.3, -0.25) is 9.59 Å². The van der Waals surface area contributed by atoms with Crippen molar-refractivity contribution in [2.75, 3.05) is 24.2 Å². The summed E-state index contributed by atoms with van der Waals surface area (Å²) in [6.07, 6.45) is 1.16. The predicted octanol–water partition coefficient (Wildman–Crippen LogP) is 4.89. The highest BCUT2D eigenvalue weighted by atomic mass is 32.2. The number of hydrogen-bond acceptors (Lipinski definition) is 4. The Hall–Kier alpha value is -2.80. The number of amides is 2. The Morgan fingerprint density at radius 3 is 2.58 bits per heavy atom. The van der Waals surface area contributed by atoms with E-state index in [2.05, 4.69) is 19.2 Å². The van der Waals surface area contributed by atoms with Gasteiger partial charge in [0.25, 0.3) is 0 Å². The summed E-state index contributed by atoms with van der Waals surface area (Å²) in [6.45, 7) is 10.2. The number of nitrogens with zero attached hydrogens (tertiary/aromatic N) is 3. The van der Waals surface area contributed by atoms with Crippen LogP contribution in [0, 0.1) is 25.7 Å². The number of hydrogen-bond donors (Lipinski definition) is 1. The summed E-state index contributed by atoms with van der Waals surface area (Å²) < 4.78 is 1.96. The third-order valence-corrected chi connectivity index (χ3v) is 7.11. The molecule has 2 atom stereocenters. The Labute approximate surface area is 199 Å². The fourth-order valence-electron chi connectivity index (χ4n) is 4.61. The molecule has 1 aromatic heterocycles. The number of carbonyl (C=O) groups excluding carboxylic acids is 2. The summed E-state index contributed by atoms with van der Waals surface area (Å²) in [6, 6.07) is 13.8. The molecule has 1 N–H and O–H groups in total. The van der Waals surface area contributed by atoms with Gasteiger partial charge in [0.2, 0.25) is 11.8 Å². The Bertz CT molecular complexity index is 1160. The minimum Gasteiger partial charge on any atom is -0.341 e. The molecule has 3 aromatic rings. The maximum absolute atomic E-state index is 13.2. The van der Waals surface area contributed by atoms with Gasteiger partial charge in [-0.05, 0) is 61.4 Å². The van der Waals surface area contributed by atoms with E-state index in [9.17, 15) is 9.59 Å². The normalized spacial score (nSPS) is 18.5. The average Bonchev–Trinajstić information content (AvgIpc) is 3.11. The standard InChI is InChI=1S/C26H32N4O2S/c1-17-9-10-20(4)22(12-17)27-24(31)16-33-26-28-21-7-5-6-8-23(21)30(26)15-25(32)29-13-18(2)11-19(3)14-29/h5-10,12,18-19H,11,13-16H2,1-4H3,(H,27,31)/t18-,19+. The molecule has 0 spiro atoms. The first kappa shape index (κ1) is 23.4. The SMILES string of the molecule is Cc1ccc(C)c(NC(=O)CSc2nc3ccccc3n2CC(=O)N2C[C@H](C)C[C@H](C)C2)c1. The number of nitrogens with one attached hydrogen (secondary N) is 1. The second-order valence-electron chi connectivity index (χ2n) is 9.37. The zero-order valence-corrected chi connectivity index (χ0v) is 20.6. The first-order valence-electron chi connectivity index (χ1n) is 11.5. The van der Waals surface area contributed by atoms with Crippen molar-refractivity contribution in [3.05, 3.63) is 53.6 Å². The number of carbonyl (C=O) groups is 2. The zero-order chi connectivity index (χ0) is 23.5. The maximum Gasteiger partial charge on any atom is 0.242 e. The zero-order valence-electron chi connectivity index (χ0n) is 19.8. The number of thioether (sulfide) groups is 1. The number of aryl methyl sites for hydroxylation is 2. The Morgan fingerprint density at radius 1 is 1.09 bits per heavy atom. The fraction of sp³-hybridized carbons (Fsp3) is 0.423. The second-order valence-corrected chi connectivity index (χ2v) is 10.3. The molecule has 0 unspecified atom stereocenters. The first-order valence-corrected chi connectivity index (χ1v) is 12.5. The smallest absolute Gasteiger partial charge is 0.242 e. The highest BCUT2D eigenvalue weighted by Crippen LogP contribution is 2.26. The molecule has 7 heteroatoms. The highest BCUT2D eigenvalue weighted by Gasteiger charge is 2.26. The number of anilines is 1. The molecular formula is C26H32N4O2S. The van der Waals surface area contributed by atoms with Gasteiger partial charge in [-0.25, -0.2) is 4.98 Å². The van der Waals surface area contributed by atoms with Crippen molar-refractivity contribution in [3.63, 3.8) is 0 Å². The average molecular weight is 465 g/mol. The van der Waals surface area contributed by atoms with Gasteiger partial charge in [0, 0.05) is 18.8 Å². The van der Waals surface area contributed by atoms with E-state index in [1.807, 2.05) is 65.8 Å². The molecule has 2 heterocycles. The van der Waals surface area contributed by atoms with Gasteiger partial charge in [-0.2, -0.15) is 0 Å². The lowest BCUT2D eigenvalue weighted by Crippen LogP contribution is -2.44. The van der Waals surface area contributed by atoms with Gasteiger partial charge in [-0.1, -0.05) is 49.9 Å². The molecular weight excluding hydrogens is 432 g/mol. The summed E-state index contributed by atoms with van der Waals surface area (Å²) in [5.41, 5.74) is 4.72. The van der Waals surface area contributed by atoms with Gasteiger partial charge >= 0.3 is 0 Å². The first-order chi connectivity index (χ1) is 15.8. The lowest BCUT2D eigenvalue weighted by atomic mass is 9.92. The molecule has 4 rings (SSSR count). The minimum absolute atomic E-state index is 0.0858. The van der Waals surface area contributed by atoms with Crippen molar-refractivity contribution in [2.45, 2.75) is 45.8 Å². The molecule has 33 heavy (non-hydrogen) atoms. The predicted molar refractivity (Wildman–Crippen MR) is 135 cm³/mol. The van der Waals surface area contributed by atoms with Gasteiger partial charge in [0.15, 0.2) is 5.16 Å². The lowest BCUT2D eigenvalue weighted by molar-refractivity contribution is -0.134. The van der Waals surface area contributed by atoms with Crippen LogP contribution in [0.3, 0.4) is 0 Å².